The summed E-state index contributed by atoms with van der Waals surface area (Å²) >= 11 is 1.41. The number of hydrogen-bond acceptors (Lipinski definition) is 4. The smallest absolute Gasteiger partial charge is 0.416 e. The van der Waals surface area contributed by atoms with Crippen LogP contribution in [0.25, 0.3) is 10.2 Å². The van der Waals surface area contributed by atoms with E-state index in [0.29, 0.717) is 21.5 Å². The molecule has 0 spiro atoms. The Morgan fingerprint density at radius 1 is 1.23 bits per heavy atom. The SMILES string of the molecule is CCOC(=O)c1c(NC(C)=O)c2c(C)c(C)sc2n1Cc1cccc(C(F)(F)F)c1. The number of carbonyl (C=O) groups excluding carboxylic acids is 2. The topological polar surface area (TPSA) is 60.3 Å². The Hall–Kier alpha value is -2.81. The highest BCUT2D eigenvalue weighted by Crippen LogP contribution is 2.41. The molecule has 0 atom stereocenters. The Morgan fingerprint density at radius 2 is 1.93 bits per heavy atom. The first-order valence-electron chi connectivity index (χ1n) is 9.27. The molecule has 0 aliphatic rings. The molecule has 1 aromatic carbocycles. The van der Waals surface area contributed by atoms with Crippen molar-refractivity contribution in [2.45, 2.75) is 40.4 Å². The summed E-state index contributed by atoms with van der Waals surface area (Å²) in [6.07, 6.45) is -4.47. The molecule has 0 bridgehead atoms. The number of aromatic nitrogens is 1. The van der Waals surface area contributed by atoms with Crippen molar-refractivity contribution in [1.82, 2.24) is 4.57 Å². The molecule has 3 aromatic rings. The van der Waals surface area contributed by atoms with E-state index in [4.69, 9.17) is 4.74 Å². The number of alkyl halides is 3. The lowest BCUT2D eigenvalue weighted by Gasteiger charge is -2.13. The number of nitrogens with one attached hydrogen (secondary N) is 1. The number of hydrogen-bond donors (Lipinski definition) is 1. The van der Waals surface area contributed by atoms with Crippen molar-refractivity contribution >= 4 is 39.1 Å². The highest BCUT2D eigenvalue weighted by molar-refractivity contribution is 7.19. The van der Waals surface area contributed by atoms with Crippen molar-refractivity contribution in [3.63, 3.8) is 0 Å². The maximum atomic E-state index is 13.1. The van der Waals surface area contributed by atoms with E-state index in [1.54, 1.807) is 17.6 Å². The lowest BCUT2D eigenvalue weighted by atomic mass is 10.1. The summed E-state index contributed by atoms with van der Waals surface area (Å²) in [7, 11) is 0. The van der Waals surface area contributed by atoms with Gasteiger partial charge in [-0.15, -0.1) is 11.3 Å². The van der Waals surface area contributed by atoms with Crippen molar-refractivity contribution in [3.05, 3.63) is 51.5 Å². The minimum atomic E-state index is -4.47. The van der Waals surface area contributed by atoms with Crippen LogP contribution in [0.4, 0.5) is 18.9 Å². The van der Waals surface area contributed by atoms with Crippen LogP contribution in [0.15, 0.2) is 24.3 Å². The van der Waals surface area contributed by atoms with Gasteiger partial charge in [0.2, 0.25) is 5.91 Å². The molecule has 2 aromatic heterocycles. The first kappa shape index (κ1) is 21.9. The van der Waals surface area contributed by atoms with Gasteiger partial charge >= 0.3 is 12.1 Å². The number of carbonyl (C=O) groups is 2. The van der Waals surface area contributed by atoms with E-state index in [2.05, 4.69) is 5.32 Å². The summed E-state index contributed by atoms with van der Waals surface area (Å²) in [6, 6.07) is 4.97. The zero-order chi connectivity index (χ0) is 22.2. The van der Waals surface area contributed by atoms with E-state index in [9.17, 15) is 22.8 Å². The zero-order valence-electron chi connectivity index (χ0n) is 16.9. The van der Waals surface area contributed by atoms with Gasteiger partial charge in [-0.05, 0) is 44.0 Å². The Balaban J connectivity index is 2.24. The average molecular weight is 438 g/mol. The van der Waals surface area contributed by atoms with Crippen molar-refractivity contribution in [2.75, 3.05) is 11.9 Å². The molecule has 1 amide bonds. The van der Waals surface area contributed by atoms with Crippen LogP contribution < -0.4 is 5.32 Å². The van der Waals surface area contributed by atoms with Crippen molar-refractivity contribution in [2.24, 2.45) is 0 Å². The second-order valence-corrected chi connectivity index (χ2v) is 8.08. The number of halogens is 3. The van der Waals surface area contributed by atoms with E-state index in [0.717, 1.165) is 22.6 Å². The molecule has 0 saturated heterocycles. The minimum absolute atomic E-state index is 0.0214. The molecule has 0 unspecified atom stereocenters. The van der Waals surface area contributed by atoms with Gasteiger partial charge in [-0.2, -0.15) is 13.2 Å². The fourth-order valence-electron chi connectivity index (χ4n) is 3.34. The van der Waals surface area contributed by atoms with Gasteiger partial charge in [0.05, 0.1) is 17.9 Å². The number of fused-ring (bicyclic) bond motifs is 1. The second-order valence-electron chi connectivity index (χ2n) is 6.87. The van der Waals surface area contributed by atoms with Crippen LogP contribution in [0.3, 0.4) is 0 Å². The number of anilines is 1. The molecular formula is C21H21F3N2O3S. The van der Waals surface area contributed by atoms with Crippen molar-refractivity contribution in [1.29, 1.82) is 0 Å². The van der Waals surface area contributed by atoms with Gasteiger partial charge in [0, 0.05) is 23.7 Å². The van der Waals surface area contributed by atoms with Gasteiger partial charge in [-0.1, -0.05) is 12.1 Å². The van der Waals surface area contributed by atoms with E-state index < -0.39 is 17.7 Å². The second kappa shape index (κ2) is 8.14. The van der Waals surface area contributed by atoms with Crippen LogP contribution in [0.5, 0.6) is 0 Å². The van der Waals surface area contributed by atoms with Crippen LogP contribution >= 0.6 is 11.3 Å². The van der Waals surface area contributed by atoms with Crippen LogP contribution in [-0.4, -0.2) is 23.1 Å². The lowest BCUT2D eigenvalue weighted by molar-refractivity contribution is -0.137. The van der Waals surface area contributed by atoms with E-state index in [1.165, 1.54) is 24.3 Å². The van der Waals surface area contributed by atoms with Gasteiger partial charge in [0.15, 0.2) is 5.69 Å². The average Bonchev–Trinajstić information content (AvgIpc) is 3.09. The first-order valence-corrected chi connectivity index (χ1v) is 10.1. The number of amides is 1. The van der Waals surface area contributed by atoms with E-state index in [-0.39, 0.29) is 24.8 Å². The summed E-state index contributed by atoms with van der Waals surface area (Å²) in [4.78, 5) is 26.3. The predicted molar refractivity (Wildman–Crippen MR) is 110 cm³/mol. The molecule has 0 radical (unpaired) electrons. The summed E-state index contributed by atoms with van der Waals surface area (Å²) in [6.45, 7) is 6.93. The number of esters is 1. The highest BCUT2D eigenvalue weighted by atomic mass is 32.1. The highest BCUT2D eigenvalue weighted by Gasteiger charge is 2.31. The van der Waals surface area contributed by atoms with Crippen molar-refractivity contribution < 1.29 is 27.5 Å². The van der Waals surface area contributed by atoms with Gasteiger partial charge in [-0.25, -0.2) is 4.79 Å². The fraction of sp³-hybridized carbons (Fsp3) is 0.333. The Kier molecular flexibility index (Phi) is 5.94. The summed E-state index contributed by atoms with van der Waals surface area (Å²) < 4.78 is 46.2. The minimum Gasteiger partial charge on any atom is -0.461 e. The lowest BCUT2D eigenvalue weighted by Crippen LogP contribution is -2.17. The third-order valence-electron chi connectivity index (χ3n) is 4.73. The Labute approximate surface area is 175 Å². The number of nitrogens with zero attached hydrogens (tertiary/aromatic N) is 1. The zero-order valence-corrected chi connectivity index (χ0v) is 17.8. The van der Waals surface area contributed by atoms with Gasteiger partial charge < -0.3 is 14.6 Å². The predicted octanol–water partition coefficient (Wildman–Crippen LogP) is 5.52. The Bertz CT molecular complexity index is 1130. The molecule has 0 aliphatic heterocycles. The van der Waals surface area contributed by atoms with Crippen LogP contribution in [0.1, 0.15) is 45.9 Å². The van der Waals surface area contributed by atoms with Crippen LogP contribution in [0, 0.1) is 13.8 Å². The molecule has 160 valence electrons. The monoisotopic (exact) mass is 438 g/mol. The number of thiophene rings is 1. The first-order chi connectivity index (χ1) is 14.0. The molecular weight excluding hydrogens is 417 g/mol. The molecule has 0 saturated carbocycles. The fourth-order valence-corrected chi connectivity index (χ4v) is 4.51. The molecule has 0 fully saturated rings. The summed E-state index contributed by atoms with van der Waals surface area (Å²) in [5.41, 5.74) is 0.956. The summed E-state index contributed by atoms with van der Waals surface area (Å²) in [5, 5.41) is 3.41. The van der Waals surface area contributed by atoms with Crippen LogP contribution in [0.2, 0.25) is 0 Å². The molecule has 2 heterocycles. The third-order valence-corrected chi connectivity index (χ3v) is 5.96. The molecule has 3 rings (SSSR count). The Morgan fingerprint density at radius 3 is 2.53 bits per heavy atom. The number of rotatable bonds is 5. The van der Waals surface area contributed by atoms with Gasteiger partial charge in [-0.3, -0.25) is 4.79 Å². The van der Waals surface area contributed by atoms with E-state index >= 15 is 0 Å². The van der Waals surface area contributed by atoms with E-state index in [1.807, 2.05) is 13.8 Å². The quantitative estimate of drug-likeness (QED) is 0.534. The molecule has 0 aliphatic carbocycles. The molecule has 30 heavy (non-hydrogen) atoms. The number of aryl methyl sites for hydroxylation is 2. The normalized spacial score (nSPS) is 11.7. The number of benzene rings is 1. The van der Waals surface area contributed by atoms with Crippen LogP contribution in [-0.2, 0) is 22.3 Å². The largest absolute Gasteiger partial charge is 0.461 e. The number of ether oxygens (including phenoxy) is 1. The van der Waals surface area contributed by atoms with Gasteiger partial charge in [0.1, 0.15) is 4.83 Å². The third kappa shape index (κ3) is 4.07. The molecule has 9 heteroatoms. The van der Waals surface area contributed by atoms with Gasteiger partial charge in [0.25, 0.3) is 0 Å². The maximum Gasteiger partial charge on any atom is 0.416 e. The maximum absolute atomic E-state index is 13.1. The summed E-state index contributed by atoms with van der Waals surface area (Å²) in [5.74, 6) is -1.00. The molecule has 1 N–H and O–H groups in total. The molecule has 5 nitrogen and oxygen atoms in total. The standard InChI is InChI=1S/C21H21F3N2O3S/c1-5-29-20(28)18-17(25-13(4)27)16-11(2)12(3)30-19(16)26(18)10-14-7-6-8-15(9-14)21(22,23)24/h6-9H,5,10H2,1-4H3,(H,25,27). The van der Waals surface area contributed by atoms with Crippen molar-refractivity contribution in [3.8, 4) is 0 Å².